The van der Waals surface area contributed by atoms with Gasteiger partial charge < -0.3 is 0 Å². The maximum atomic E-state index is 12.7. The second-order valence-electron chi connectivity index (χ2n) is 2.15. The zero-order valence-electron chi connectivity index (χ0n) is 5.86. The SMILES string of the molecule is Cc1c(C#N)ccc(F)c1F. The van der Waals surface area contributed by atoms with E-state index >= 15 is 0 Å². The molecule has 11 heavy (non-hydrogen) atoms. The van der Waals surface area contributed by atoms with Crippen LogP contribution in [0.25, 0.3) is 0 Å². The fourth-order valence-electron chi connectivity index (χ4n) is 0.773. The topological polar surface area (TPSA) is 23.8 Å². The van der Waals surface area contributed by atoms with E-state index in [0.717, 1.165) is 6.07 Å². The van der Waals surface area contributed by atoms with Gasteiger partial charge in [0.1, 0.15) is 0 Å². The maximum absolute atomic E-state index is 12.7. The molecule has 3 heteroatoms. The van der Waals surface area contributed by atoms with Gasteiger partial charge in [0.05, 0.1) is 11.6 Å². The van der Waals surface area contributed by atoms with E-state index in [9.17, 15) is 8.78 Å². The van der Waals surface area contributed by atoms with Crippen molar-refractivity contribution in [1.82, 2.24) is 0 Å². The average Bonchev–Trinajstić information content (AvgIpc) is 2.01. The number of rotatable bonds is 0. The van der Waals surface area contributed by atoms with Crippen LogP contribution in [-0.2, 0) is 0 Å². The molecule has 1 aromatic rings. The molecule has 1 nitrogen and oxygen atoms in total. The molecule has 0 atom stereocenters. The van der Waals surface area contributed by atoms with Crippen molar-refractivity contribution in [3.63, 3.8) is 0 Å². The normalized spacial score (nSPS) is 9.27. The molecule has 0 bridgehead atoms. The van der Waals surface area contributed by atoms with Crippen LogP contribution < -0.4 is 0 Å². The summed E-state index contributed by atoms with van der Waals surface area (Å²) in [6, 6.07) is 3.96. The first-order chi connectivity index (χ1) is 5.16. The van der Waals surface area contributed by atoms with Crippen LogP contribution in [0, 0.1) is 29.9 Å². The molecule has 0 amide bonds. The average molecular weight is 153 g/mol. The number of nitrogens with zero attached hydrogens (tertiary/aromatic N) is 1. The molecular weight excluding hydrogens is 148 g/mol. The highest BCUT2D eigenvalue weighted by Gasteiger charge is 2.07. The summed E-state index contributed by atoms with van der Waals surface area (Å²) in [5.41, 5.74) is 0.233. The first-order valence-electron chi connectivity index (χ1n) is 3.01. The molecule has 0 aliphatic carbocycles. The van der Waals surface area contributed by atoms with Crippen LogP contribution in [0.15, 0.2) is 12.1 Å². The summed E-state index contributed by atoms with van der Waals surface area (Å²) in [4.78, 5) is 0. The standard InChI is InChI=1S/C8H5F2N/c1-5-6(4-11)2-3-7(9)8(5)10/h2-3H,1H3. The fraction of sp³-hybridized carbons (Fsp3) is 0.125. The molecular formula is C8H5F2N. The van der Waals surface area contributed by atoms with Gasteiger partial charge in [0.15, 0.2) is 11.6 Å². The van der Waals surface area contributed by atoms with Gasteiger partial charge in [-0.25, -0.2) is 8.78 Å². The van der Waals surface area contributed by atoms with E-state index < -0.39 is 11.6 Å². The molecule has 0 N–H and O–H groups in total. The number of halogens is 2. The molecule has 1 aromatic carbocycles. The predicted octanol–water partition coefficient (Wildman–Crippen LogP) is 2.14. The lowest BCUT2D eigenvalue weighted by Gasteiger charge is -1.98. The van der Waals surface area contributed by atoms with Crippen molar-refractivity contribution in [1.29, 1.82) is 5.26 Å². The van der Waals surface area contributed by atoms with E-state index in [1.807, 2.05) is 0 Å². The predicted molar refractivity (Wildman–Crippen MR) is 35.8 cm³/mol. The molecule has 0 fully saturated rings. The highest BCUT2D eigenvalue weighted by molar-refractivity contribution is 5.37. The third-order valence-corrected chi connectivity index (χ3v) is 1.46. The Morgan fingerprint density at radius 3 is 2.55 bits per heavy atom. The summed E-state index contributed by atoms with van der Waals surface area (Å²) in [5.74, 6) is -1.86. The van der Waals surface area contributed by atoms with E-state index in [4.69, 9.17) is 5.26 Å². The molecule has 0 heterocycles. The van der Waals surface area contributed by atoms with Gasteiger partial charge in [-0.3, -0.25) is 0 Å². The molecule has 1 rings (SSSR count). The fourth-order valence-corrected chi connectivity index (χ4v) is 0.773. The van der Waals surface area contributed by atoms with Gasteiger partial charge in [-0.1, -0.05) is 0 Å². The third-order valence-electron chi connectivity index (χ3n) is 1.46. The van der Waals surface area contributed by atoms with Gasteiger partial charge in [-0.15, -0.1) is 0 Å². The minimum atomic E-state index is -0.941. The van der Waals surface area contributed by atoms with Crippen molar-refractivity contribution in [3.05, 3.63) is 34.9 Å². The Morgan fingerprint density at radius 1 is 1.36 bits per heavy atom. The Balaban J connectivity index is 3.40. The van der Waals surface area contributed by atoms with Crippen molar-refractivity contribution in [3.8, 4) is 6.07 Å². The lowest BCUT2D eigenvalue weighted by Crippen LogP contribution is -1.91. The highest BCUT2D eigenvalue weighted by atomic mass is 19.2. The van der Waals surface area contributed by atoms with Gasteiger partial charge in [-0.05, 0) is 19.1 Å². The van der Waals surface area contributed by atoms with Crippen LogP contribution in [0.4, 0.5) is 8.78 Å². The van der Waals surface area contributed by atoms with E-state index in [-0.39, 0.29) is 11.1 Å². The molecule has 0 saturated heterocycles. The van der Waals surface area contributed by atoms with E-state index in [2.05, 4.69) is 0 Å². The minimum absolute atomic E-state index is 0.0625. The Bertz CT molecular complexity index is 326. The summed E-state index contributed by atoms with van der Waals surface area (Å²) in [7, 11) is 0. The van der Waals surface area contributed by atoms with Crippen molar-refractivity contribution in [2.75, 3.05) is 0 Å². The van der Waals surface area contributed by atoms with Crippen molar-refractivity contribution in [2.24, 2.45) is 0 Å². The van der Waals surface area contributed by atoms with E-state index in [1.54, 1.807) is 6.07 Å². The number of nitriles is 1. The number of hydrogen-bond acceptors (Lipinski definition) is 1. The quantitative estimate of drug-likeness (QED) is 0.560. The smallest absolute Gasteiger partial charge is 0.163 e. The first-order valence-corrected chi connectivity index (χ1v) is 3.01. The van der Waals surface area contributed by atoms with E-state index in [1.165, 1.54) is 13.0 Å². The lowest BCUT2D eigenvalue weighted by molar-refractivity contribution is 0.502. The second kappa shape index (κ2) is 2.67. The lowest BCUT2D eigenvalue weighted by atomic mass is 10.1. The molecule has 0 aliphatic heterocycles. The molecule has 0 aliphatic rings. The van der Waals surface area contributed by atoms with Crippen molar-refractivity contribution < 1.29 is 8.78 Å². The third kappa shape index (κ3) is 1.20. The molecule has 56 valence electrons. The van der Waals surface area contributed by atoms with Gasteiger partial charge in [-0.2, -0.15) is 5.26 Å². The van der Waals surface area contributed by atoms with Crippen LogP contribution in [0.1, 0.15) is 11.1 Å². The molecule has 0 unspecified atom stereocenters. The largest absolute Gasteiger partial charge is 0.204 e. The van der Waals surface area contributed by atoms with Crippen molar-refractivity contribution in [2.45, 2.75) is 6.92 Å². The Kier molecular flexibility index (Phi) is 1.86. The van der Waals surface area contributed by atoms with E-state index in [0.29, 0.717) is 0 Å². The zero-order valence-corrected chi connectivity index (χ0v) is 5.86. The van der Waals surface area contributed by atoms with Gasteiger partial charge in [0.2, 0.25) is 0 Å². The van der Waals surface area contributed by atoms with Gasteiger partial charge >= 0.3 is 0 Å². The molecule has 0 aromatic heterocycles. The summed E-state index contributed by atoms with van der Waals surface area (Å²) >= 11 is 0. The maximum Gasteiger partial charge on any atom is 0.163 e. The second-order valence-corrected chi connectivity index (χ2v) is 2.15. The molecule has 0 radical (unpaired) electrons. The summed E-state index contributed by atoms with van der Waals surface area (Å²) in [6.07, 6.45) is 0. The van der Waals surface area contributed by atoms with Gasteiger partial charge in [0, 0.05) is 5.56 Å². The summed E-state index contributed by atoms with van der Waals surface area (Å²) in [6.45, 7) is 1.37. The zero-order chi connectivity index (χ0) is 8.43. The highest BCUT2D eigenvalue weighted by Crippen LogP contribution is 2.14. The Labute approximate surface area is 62.9 Å². The first kappa shape index (κ1) is 7.67. The van der Waals surface area contributed by atoms with Gasteiger partial charge in [0.25, 0.3) is 0 Å². The minimum Gasteiger partial charge on any atom is -0.204 e. The number of hydrogen-bond donors (Lipinski definition) is 0. The Morgan fingerprint density at radius 2 is 2.00 bits per heavy atom. The summed E-state index contributed by atoms with van der Waals surface area (Å²) in [5, 5.41) is 8.39. The Hall–Kier alpha value is -1.43. The summed E-state index contributed by atoms with van der Waals surface area (Å²) < 4.78 is 25.1. The van der Waals surface area contributed by atoms with Crippen molar-refractivity contribution >= 4 is 0 Å². The molecule has 0 spiro atoms. The van der Waals surface area contributed by atoms with Crippen LogP contribution in [0.3, 0.4) is 0 Å². The molecule has 0 saturated carbocycles. The monoisotopic (exact) mass is 153 g/mol. The number of benzene rings is 1. The van der Waals surface area contributed by atoms with Crippen LogP contribution in [0.5, 0.6) is 0 Å². The van der Waals surface area contributed by atoms with Crippen LogP contribution in [0.2, 0.25) is 0 Å². The van der Waals surface area contributed by atoms with Crippen LogP contribution in [-0.4, -0.2) is 0 Å². The van der Waals surface area contributed by atoms with Crippen LogP contribution >= 0.6 is 0 Å².